The molecular formula is C30H29ClN6O3. The fraction of sp³-hybridized carbons (Fsp3) is 0.400. The summed E-state index contributed by atoms with van der Waals surface area (Å²) in [5.41, 5.74) is 3.68. The molecule has 3 heterocycles. The number of anilines is 1. The first-order valence-electron chi connectivity index (χ1n) is 13.5. The van der Waals surface area contributed by atoms with Crippen LogP contribution in [0.15, 0.2) is 36.7 Å². The number of halogens is 1. The highest BCUT2D eigenvalue weighted by molar-refractivity contribution is 6.30. The van der Waals surface area contributed by atoms with E-state index in [0.29, 0.717) is 35.2 Å². The van der Waals surface area contributed by atoms with E-state index >= 15 is 0 Å². The SMILES string of the molecule is CC(=O)c1nn(C(C)c2cnc(N3C[C@H]4C[C@H]4C3=O)cc2C)cc1C(=O)NC1CC(c2cc(Cl)ccc2C#N)C1. The smallest absolute Gasteiger partial charge is 0.255 e. The van der Waals surface area contributed by atoms with Crippen LogP contribution in [-0.2, 0) is 4.79 Å². The van der Waals surface area contributed by atoms with Crippen LogP contribution in [0.1, 0.15) is 88.2 Å². The summed E-state index contributed by atoms with van der Waals surface area (Å²) >= 11 is 6.14. The Morgan fingerprint density at radius 3 is 2.65 bits per heavy atom. The second kappa shape index (κ2) is 9.86. The van der Waals surface area contributed by atoms with Crippen LogP contribution in [0.5, 0.6) is 0 Å². The number of benzene rings is 1. The number of aromatic nitrogens is 3. The number of carbonyl (C=O) groups excluding carboxylic acids is 3. The van der Waals surface area contributed by atoms with Crippen molar-refractivity contribution in [3.63, 3.8) is 0 Å². The van der Waals surface area contributed by atoms with Crippen molar-refractivity contribution in [1.82, 2.24) is 20.1 Å². The average Bonchev–Trinajstić information content (AvgIpc) is 3.40. The highest BCUT2D eigenvalue weighted by Crippen LogP contribution is 2.47. The quantitative estimate of drug-likeness (QED) is 0.425. The summed E-state index contributed by atoms with van der Waals surface area (Å²) in [7, 11) is 0. The lowest BCUT2D eigenvalue weighted by atomic mass is 9.74. The van der Waals surface area contributed by atoms with E-state index in [9.17, 15) is 19.6 Å². The first kappa shape index (κ1) is 26.2. The summed E-state index contributed by atoms with van der Waals surface area (Å²) in [4.78, 5) is 44.5. The zero-order chi connectivity index (χ0) is 28.3. The number of rotatable bonds is 7. The summed E-state index contributed by atoms with van der Waals surface area (Å²) in [5.74, 6) is 0.929. The number of nitrogens with one attached hydrogen (secondary N) is 1. The third kappa shape index (κ3) is 4.56. The maximum absolute atomic E-state index is 13.2. The first-order chi connectivity index (χ1) is 19.1. The van der Waals surface area contributed by atoms with Crippen molar-refractivity contribution in [1.29, 1.82) is 5.26 Å². The number of pyridine rings is 1. The normalized spacial score (nSPS) is 23.7. The van der Waals surface area contributed by atoms with Gasteiger partial charge in [0.15, 0.2) is 5.78 Å². The first-order valence-corrected chi connectivity index (χ1v) is 13.9. The van der Waals surface area contributed by atoms with Crippen LogP contribution in [0.3, 0.4) is 0 Å². The number of fused-ring (bicyclic) bond motifs is 1. The fourth-order valence-corrected chi connectivity index (χ4v) is 6.18. The number of Topliss-reactive ketones (excluding diaryl/α,β-unsaturated/α-hetero) is 1. The maximum atomic E-state index is 13.2. The van der Waals surface area contributed by atoms with Crippen molar-refractivity contribution in [2.24, 2.45) is 11.8 Å². The van der Waals surface area contributed by atoms with Crippen molar-refractivity contribution in [3.05, 3.63) is 75.2 Å². The number of carbonyl (C=O) groups is 3. The van der Waals surface area contributed by atoms with E-state index < -0.39 is 0 Å². The third-order valence-electron chi connectivity index (χ3n) is 8.54. The number of aryl methyl sites for hydroxylation is 1. The van der Waals surface area contributed by atoms with Crippen molar-refractivity contribution in [2.75, 3.05) is 11.4 Å². The lowest BCUT2D eigenvalue weighted by Crippen LogP contribution is -2.43. The van der Waals surface area contributed by atoms with E-state index in [4.69, 9.17) is 11.6 Å². The van der Waals surface area contributed by atoms with Crippen LogP contribution in [0.2, 0.25) is 5.02 Å². The third-order valence-corrected chi connectivity index (χ3v) is 8.78. The predicted molar refractivity (Wildman–Crippen MR) is 148 cm³/mol. The molecule has 1 saturated heterocycles. The van der Waals surface area contributed by atoms with E-state index in [1.54, 1.807) is 34.1 Å². The number of ketones is 1. The van der Waals surface area contributed by atoms with Gasteiger partial charge in [0.1, 0.15) is 11.5 Å². The molecule has 1 aliphatic heterocycles. The van der Waals surface area contributed by atoms with Crippen molar-refractivity contribution in [2.45, 2.75) is 58.0 Å². The van der Waals surface area contributed by atoms with Gasteiger partial charge in [0.25, 0.3) is 5.91 Å². The molecule has 40 heavy (non-hydrogen) atoms. The number of nitriles is 1. The Morgan fingerprint density at radius 2 is 2.00 bits per heavy atom. The Kier molecular flexibility index (Phi) is 6.46. The van der Waals surface area contributed by atoms with Crippen LogP contribution >= 0.6 is 11.6 Å². The largest absolute Gasteiger partial charge is 0.349 e. The Hall–Kier alpha value is -4.03. The molecule has 0 spiro atoms. The summed E-state index contributed by atoms with van der Waals surface area (Å²) in [6.07, 6.45) is 5.71. The molecule has 2 amide bonds. The molecule has 3 aliphatic rings. The minimum atomic E-state index is -0.352. The Labute approximate surface area is 237 Å². The predicted octanol–water partition coefficient (Wildman–Crippen LogP) is 4.58. The van der Waals surface area contributed by atoms with Crippen molar-refractivity contribution < 1.29 is 14.4 Å². The fourth-order valence-electron chi connectivity index (χ4n) is 6.00. The zero-order valence-electron chi connectivity index (χ0n) is 22.5. The number of hydrogen-bond donors (Lipinski definition) is 1. The molecule has 0 radical (unpaired) electrons. The van der Waals surface area contributed by atoms with Crippen LogP contribution in [-0.4, -0.2) is 44.9 Å². The second-order valence-corrected chi connectivity index (χ2v) is 11.7. The molecule has 1 unspecified atom stereocenters. The molecule has 1 N–H and O–H groups in total. The molecular weight excluding hydrogens is 528 g/mol. The molecule has 2 saturated carbocycles. The molecule has 0 bridgehead atoms. The monoisotopic (exact) mass is 556 g/mol. The lowest BCUT2D eigenvalue weighted by Gasteiger charge is -2.36. The summed E-state index contributed by atoms with van der Waals surface area (Å²) in [6.45, 7) is 6.03. The molecule has 1 aromatic carbocycles. The van der Waals surface area contributed by atoms with Crippen molar-refractivity contribution >= 4 is 35.0 Å². The lowest BCUT2D eigenvalue weighted by molar-refractivity contribution is -0.118. The highest BCUT2D eigenvalue weighted by Gasteiger charge is 2.52. The molecule has 10 heteroatoms. The van der Waals surface area contributed by atoms with Gasteiger partial charge in [0.2, 0.25) is 5.91 Å². The van der Waals surface area contributed by atoms with Gasteiger partial charge < -0.3 is 5.32 Å². The second-order valence-electron chi connectivity index (χ2n) is 11.2. The molecule has 2 aliphatic carbocycles. The maximum Gasteiger partial charge on any atom is 0.255 e. The Bertz CT molecular complexity index is 1600. The topological polar surface area (TPSA) is 121 Å². The van der Waals surface area contributed by atoms with Gasteiger partial charge in [-0.25, -0.2) is 4.98 Å². The van der Waals surface area contributed by atoms with Gasteiger partial charge in [0, 0.05) is 42.8 Å². The van der Waals surface area contributed by atoms with Gasteiger partial charge in [-0.15, -0.1) is 0 Å². The van der Waals surface area contributed by atoms with Crippen molar-refractivity contribution in [3.8, 4) is 6.07 Å². The number of nitrogens with zero attached hydrogens (tertiary/aromatic N) is 5. The van der Waals surface area contributed by atoms with E-state index in [2.05, 4.69) is 21.5 Å². The molecule has 2 aromatic heterocycles. The van der Waals surface area contributed by atoms with Gasteiger partial charge >= 0.3 is 0 Å². The molecule has 3 aromatic rings. The Morgan fingerprint density at radius 1 is 1.23 bits per heavy atom. The molecule has 9 nitrogen and oxygen atoms in total. The van der Waals surface area contributed by atoms with Crippen LogP contribution < -0.4 is 10.2 Å². The van der Waals surface area contributed by atoms with Crippen LogP contribution in [0.4, 0.5) is 5.82 Å². The molecule has 3 fully saturated rings. The van der Waals surface area contributed by atoms with E-state index in [1.165, 1.54) is 6.92 Å². The number of amides is 2. The summed E-state index contributed by atoms with van der Waals surface area (Å²) in [6, 6.07) is 9.00. The van der Waals surface area contributed by atoms with Gasteiger partial charge in [-0.1, -0.05) is 11.6 Å². The average molecular weight is 557 g/mol. The minimum absolute atomic E-state index is 0.0815. The summed E-state index contributed by atoms with van der Waals surface area (Å²) in [5, 5.41) is 17.5. The van der Waals surface area contributed by atoms with Gasteiger partial charge in [-0.2, -0.15) is 10.4 Å². The van der Waals surface area contributed by atoms with Gasteiger partial charge in [-0.05, 0) is 85.9 Å². The van der Waals surface area contributed by atoms with E-state index in [-0.39, 0.29) is 52.8 Å². The van der Waals surface area contributed by atoms with Gasteiger partial charge in [-0.3, -0.25) is 24.0 Å². The van der Waals surface area contributed by atoms with Crippen LogP contribution in [0.25, 0.3) is 0 Å². The van der Waals surface area contributed by atoms with E-state index in [1.807, 2.05) is 26.0 Å². The summed E-state index contributed by atoms with van der Waals surface area (Å²) < 4.78 is 1.63. The number of piperidine rings is 1. The highest BCUT2D eigenvalue weighted by atomic mass is 35.5. The molecule has 204 valence electrons. The van der Waals surface area contributed by atoms with Gasteiger partial charge in [0.05, 0.1) is 23.2 Å². The molecule has 6 rings (SSSR count). The zero-order valence-corrected chi connectivity index (χ0v) is 23.3. The Balaban J connectivity index is 1.16. The molecule has 3 atom stereocenters. The minimum Gasteiger partial charge on any atom is -0.349 e. The van der Waals surface area contributed by atoms with Crippen LogP contribution in [0, 0.1) is 30.1 Å². The standard InChI is InChI=1S/C30H29ClN6O3/c1-15-6-27(36-13-20-9-24(20)30(36)40)33-12-25(15)16(2)37-14-26(28(35-37)17(3)38)29(39)34-22-7-19(8-22)23-10-21(31)5-4-18(23)11-32/h4-6,10,12,14,16,19-20,22,24H,7-9,13H2,1-3H3,(H,34,39)/t16?,19?,20-,22?,24-/m1/s1. The van der Waals surface area contributed by atoms with E-state index in [0.717, 1.165) is 29.7 Å². The number of hydrogen-bond acceptors (Lipinski definition) is 6.